The summed E-state index contributed by atoms with van der Waals surface area (Å²) in [5.74, 6) is 0.949. The third-order valence-corrected chi connectivity index (χ3v) is 1.63. The quantitative estimate of drug-likeness (QED) is 0.448. The Labute approximate surface area is 58.4 Å². The van der Waals surface area contributed by atoms with Gasteiger partial charge in [-0.25, -0.2) is 0 Å². The molecule has 1 fully saturated rings. The van der Waals surface area contributed by atoms with Gasteiger partial charge in [0.1, 0.15) is 0 Å². The molecule has 0 spiro atoms. The van der Waals surface area contributed by atoms with Crippen LogP contribution in [0.3, 0.4) is 0 Å². The van der Waals surface area contributed by atoms with E-state index in [4.69, 9.17) is 0 Å². The Hall–Kier alpha value is -0.300. The second-order valence-corrected chi connectivity index (χ2v) is 2.66. The van der Waals surface area contributed by atoms with Crippen LogP contribution in [0.4, 0.5) is 0 Å². The number of hydrogen-bond donors (Lipinski definition) is 0. The molecule has 1 nitrogen and oxygen atoms in total. The molecular formula is C8H17N. The maximum absolute atomic E-state index is 3.00. The lowest BCUT2D eigenvalue weighted by molar-refractivity contribution is 0.402. The van der Waals surface area contributed by atoms with Crippen molar-refractivity contribution in [2.75, 3.05) is 20.1 Å². The van der Waals surface area contributed by atoms with Crippen LogP contribution in [-0.4, -0.2) is 25.0 Å². The predicted molar refractivity (Wildman–Crippen MR) is 42.5 cm³/mol. The van der Waals surface area contributed by atoms with Crippen molar-refractivity contribution in [3.63, 3.8) is 0 Å². The Bertz CT molecular complexity index is 63.0. The van der Waals surface area contributed by atoms with Crippen molar-refractivity contribution in [1.29, 1.82) is 0 Å². The van der Waals surface area contributed by atoms with Crippen LogP contribution >= 0.6 is 0 Å². The zero-order valence-electron chi connectivity index (χ0n) is 6.56. The van der Waals surface area contributed by atoms with Gasteiger partial charge in [0.25, 0.3) is 0 Å². The van der Waals surface area contributed by atoms with E-state index in [1.807, 2.05) is 0 Å². The first-order chi connectivity index (χ1) is 4.29. The summed E-state index contributed by atoms with van der Waals surface area (Å²) in [6, 6.07) is 0. The Morgan fingerprint density at radius 3 is 2.11 bits per heavy atom. The van der Waals surface area contributed by atoms with Crippen molar-refractivity contribution in [3.8, 4) is 0 Å². The van der Waals surface area contributed by atoms with Gasteiger partial charge in [-0.05, 0) is 25.9 Å². The predicted octanol–water partition coefficient (Wildman–Crippen LogP) is 1.76. The molecule has 0 N–H and O–H groups in total. The minimum absolute atomic E-state index is 0.949. The summed E-state index contributed by atoms with van der Waals surface area (Å²) in [4.78, 5) is 2.38. The van der Waals surface area contributed by atoms with Gasteiger partial charge in [-0.15, -0.1) is 13.2 Å². The highest BCUT2D eigenvalue weighted by atomic mass is 15.1. The first kappa shape index (κ1) is 8.70. The van der Waals surface area contributed by atoms with E-state index >= 15 is 0 Å². The molecule has 1 heterocycles. The molecule has 0 saturated carbocycles. The highest BCUT2D eigenvalue weighted by Crippen LogP contribution is 2.11. The number of rotatable bonds is 0. The summed E-state index contributed by atoms with van der Waals surface area (Å²) in [5.41, 5.74) is 0. The van der Waals surface area contributed by atoms with Gasteiger partial charge in [-0.1, -0.05) is 6.92 Å². The SMILES string of the molecule is C=C.C[C@@H]1CCN(C)C1. The van der Waals surface area contributed by atoms with Gasteiger partial charge in [-0.2, -0.15) is 0 Å². The van der Waals surface area contributed by atoms with E-state index in [1.165, 1.54) is 19.5 Å². The van der Waals surface area contributed by atoms with Gasteiger partial charge >= 0.3 is 0 Å². The van der Waals surface area contributed by atoms with E-state index in [1.54, 1.807) is 0 Å². The maximum atomic E-state index is 3.00. The van der Waals surface area contributed by atoms with Crippen LogP contribution in [0.1, 0.15) is 13.3 Å². The number of hydrogen-bond acceptors (Lipinski definition) is 1. The maximum Gasteiger partial charge on any atom is 0.000445 e. The average molecular weight is 127 g/mol. The zero-order chi connectivity index (χ0) is 7.28. The normalized spacial score (nSPS) is 27.1. The summed E-state index contributed by atoms with van der Waals surface area (Å²) in [5, 5.41) is 0. The lowest BCUT2D eigenvalue weighted by Gasteiger charge is -2.03. The molecular weight excluding hydrogens is 110 g/mol. The molecule has 0 unspecified atom stereocenters. The van der Waals surface area contributed by atoms with Crippen molar-refractivity contribution >= 4 is 0 Å². The highest BCUT2D eigenvalue weighted by molar-refractivity contribution is 4.67. The Balaban J connectivity index is 0.000000291. The average Bonchev–Trinajstić information content (AvgIpc) is 2.20. The fourth-order valence-corrected chi connectivity index (χ4v) is 1.16. The lowest BCUT2D eigenvalue weighted by Crippen LogP contribution is -2.12. The topological polar surface area (TPSA) is 3.24 Å². The van der Waals surface area contributed by atoms with Crippen molar-refractivity contribution in [1.82, 2.24) is 4.90 Å². The Kier molecular flexibility index (Phi) is 4.41. The van der Waals surface area contributed by atoms with E-state index < -0.39 is 0 Å². The molecule has 0 aliphatic carbocycles. The van der Waals surface area contributed by atoms with E-state index in [2.05, 4.69) is 32.0 Å². The summed E-state index contributed by atoms with van der Waals surface area (Å²) in [6.45, 7) is 10.9. The van der Waals surface area contributed by atoms with Crippen LogP contribution in [0.5, 0.6) is 0 Å². The molecule has 1 aliphatic heterocycles. The van der Waals surface area contributed by atoms with Gasteiger partial charge in [0, 0.05) is 6.54 Å². The van der Waals surface area contributed by atoms with Crippen LogP contribution < -0.4 is 0 Å². The van der Waals surface area contributed by atoms with Gasteiger partial charge in [0.05, 0.1) is 0 Å². The van der Waals surface area contributed by atoms with Gasteiger partial charge in [-0.3, -0.25) is 0 Å². The van der Waals surface area contributed by atoms with Crippen LogP contribution in [0.25, 0.3) is 0 Å². The summed E-state index contributed by atoms with van der Waals surface area (Å²) in [6.07, 6.45) is 1.40. The number of nitrogens with zero attached hydrogens (tertiary/aromatic N) is 1. The number of likely N-dealkylation sites (tertiary alicyclic amines) is 1. The fourth-order valence-electron chi connectivity index (χ4n) is 1.16. The molecule has 0 aromatic heterocycles. The monoisotopic (exact) mass is 127 g/mol. The highest BCUT2D eigenvalue weighted by Gasteiger charge is 2.13. The molecule has 1 saturated heterocycles. The summed E-state index contributed by atoms with van der Waals surface area (Å²) < 4.78 is 0. The van der Waals surface area contributed by atoms with Crippen LogP contribution in [0, 0.1) is 5.92 Å². The first-order valence-corrected chi connectivity index (χ1v) is 3.47. The van der Waals surface area contributed by atoms with E-state index in [-0.39, 0.29) is 0 Å². The first-order valence-electron chi connectivity index (χ1n) is 3.47. The second-order valence-electron chi connectivity index (χ2n) is 2.66. The molecule has 0 aromatic carbocycles. The molecule has 0 bridgehead atoms. The molecule has 0 amide bonds. The minimum atomic E-state index is 0.949. The summed E-state index contributed by atoms with van der Waals surface area (Å²) >= 11 is 0. The summed E-state index contributed by atoms with van der Waals surface area (Å²) in [7, 11) is 2.18. The van der Waals surface area contributed by atoms with Crippen molar-refractivity contribution in [2.24, 2.45) is 5.92 Å². The van der Waals surface area contributed by atoms with Crippen molar-refractivity contribution in [3.05, 3.63) is 13.2 Å². The lowest BCUT2D eigenvalue weighted by atomic mass is 10.2. The zero-order valence-corrected chi connectivity index (χ0v) is 6.56. The molecule has 0 radical (unpaired) electrons. The molecule has 0 aromatic rings. The third kappa shape index (κ3) is 3.31. The van der Waals surface area contributed by atoms with Gasteiger partial charge < -0.3 is 4.90 Å². The standard InChI is InChI=1S/C6H13N.C2H4/c1-6-3-4-7(2)5-6;1-2/h6H,3-5H2,1-2H3;1-2H2/t6-;/m1./s1. The van der Waals surface area contributed by atoms with Crippen LogP contribution in [-0.2, 0) is 0 Å². The third-order valence-electron chi connectivity index (χ3n) is 1.63. The molecule has 1 heteroatoms. The Morgan fingerprint density at radius 2 is 2.00 bits per heavy atom. The molecule has 1 atom stereocenters. The van der Waals surface area contributed by atoms with Crippen molar-refractivity contribution in [2.45, 2.75) is 13.3 Å². The Morgan fingerprint density at radius 1 is 1.44 bits per heavy atom. The van der Waals surface area contributed by atoms with E-state index in [0.29, 0.717) is 0 Å². The smallest absolute Gasteiger partial charge is 0.000445 e. The van der Waals surface area contributed by atoms with Gasteiger partial charge in [0.15, 0.2) is 0 Å². The minimum Gasteiger partial charge on any atom is -0.306 e. The molecule has 54 valence electrons. The fraction of sp³-hybridized carbons (Fsp3) is 0.750. The molecule has 1 aliphatic rings. The molecule has 9 heavy (non-hydrogen) atoms. The van der Waals surface area contributed by atoms with E-state index in [0.717, 1.165) is 5.92 Å². The molecule has 1 rings (SSSR count). The largest absolute Gasteiger partial charge is 0.306 e. The van der Waals surface area contributed by atoms with Crippen LogP contribution in [0.2, 0.25) is 0 Å². The van der Waals surface area contributed by atoms with Crippen molar-refractivity contribution < 1.29 is 0 Å². The van der Waals surface area contributed by atoms with Gasteiger partial charge in [0.2, 0.25) is 0 Å². The van der Waals surface area contributed by atoms with Crippen LogP contribution in [0.15, 0.2) is 13.2 Å². The van der Waals surface area contributed by atoms with E-state index in [9.17, 15) is 0 Å². The second kappa shape index (κ2) is 4.57.